The maximum absolute atomic E-state index is 11.4. The smallest absolute Gasteiger partial charge is 0.334 e. The fraction of sp³-hybridized carbons (Fsp3) is 0.600. The number of allylic oxidation sites excluding steroid dienone is 1. The summed E-state index contributed by atoms with van der Waals surface area (Å²) in [5, 5.41) is 0. The van der Waals surface area contributed by atoms with Crippen LogP contribution < -0.4 is 0 Å². The first kappa shape index (κ1) is 10.8. The summed E-state index contributed by atoms with van der Waals surface area (Å²) < 4.78 is 9.44. The maximum Gasteiger partial charge on any atom is 0.334 e. The summed E-state index contributed by atoms with van der Waals surface area (Å²) in [6, 6.07) is 0. The third kappa shape index (κ3) is 2.13. The molecule has 0 unspecified atom stereocenters. The van der Waals surface area contributed by atoms with Crippen molar-refractivity contribution in [2.45, 2.75) is 19.8 Å². The summed E-state index contributed by atoms with van der Waals surface area (Å²) in [6.07, 6.45) is 3.12. The molecule has 4 heteroatoms. The first-order valence-corrected chi connectivity index (χ1v) is 4.65. The fourth-order valence-corrected chi connectivity index (χ4v) is 1.53. The van der Waals surface area contributed by atoms with Crippen molar-refractivity contribution in [2.24, 2.45) is 5.92 Å². The van der Waals surface area contributed by atoms with E-state index in [1.807, 2.05) is 0 Å². The molecule has 0 saturated carbocycles. The Labute approximate surface area is 82.9 Å². The molecule has 0 heterocycles. The van der Waals surface area contributed by atoms with Crippen molar-refractivity contribution >= 4 is 11.9 Å². The van der Waals surface area contributed by atoms with Crippen LogP contribution in [0.15, 0.2) is 11.6 Å². The van der Waals surface area contributed by atoms with Crippen LogP contribution in [-0.2, 0) is 19.1 Å². The number of ether oxygens (including phenoxy) is 2. The van der Waals surface area contributed by atoms with Crippen molar-refractivity contribution in [1.82, 2.24) is 0 Å². The lowest BCUT2D eigenvalue weighted by Gasteiger charge is -2.10. The summed E-state index contributed by atoms with van der Waals surface area (Å²) in [5.74, 6) is -1.19. The van der Waals surface area contributed by atoms with Gasteiger partial charge in [0, 0.05) is 5.57 Å². The van der Waals surface area contributed by atoms with Gasteiger partial charge in [-0.25, -0.2) is 4.79 Å². The average molecular weight is 198 g/mol. The van der Waals surface area contributed by atoms with Gasteiger partial charge in [0.1, 0.15) is 0 Å². The number of carbonyl (C=O) groups excluding carboxylic acids is 2. The van der Waals surface area contributed by atoms with E-state index in [0.717, 1.165) is 6.42 Å². The zero-order valence-electron chi connectivity index (χ0n) is 8.41. The minimum absolute atomic E-state index is 0.323. The molecule has 1 aliphatic carbocycles. The van der Waals surface area contributed by atoms with Gasteiger partial charge in [-0.15, -0.1) is 0 Å². The van der Waals surface area contributed by atoms with Gasteiger partial charge in [0.2, 0.25) is 0 Å². The van der Waals surface area contributed by atoms with Gasteiger partial charge in [-0.2, -0.15) is 0 Å². The summed E-state index contributed by atoms with van der Waals surface area (Å²) in [7, 11) is 1.32. The minimum Gasteiger partial charge on any atom is -0.469 e. The number of hydrogen-bond donors (Lipinski definition) is 0. The van der Waals surface area contributed by atoms with Crippen LogP contribution in [0.1, 0.15) is 19.8 Å². The SMILES string of the molecule is CCOC(=O)C1=CCC[C@H]1C(=O)OC. The average Bonchev–Trinajstić information content (AvgIpc) is 2.65. The first-order valence-electron chi connectivity index (χ1n) is 4.65. The molecule has 0 N–H and O–H groups in total. The van der Waals surface area contributed by atoms with Crippen molar-refractivity contribution in [3.63, 3.8) is 0 Å². The number of rotatable bonds is 3. The second-order valence-electron chi connectivity index (χ2n) is 3.03. The molecule has 0 bridgehead atoms. The number of esters is 2. The van der Waals surface area contributed by atoms with Gasteiger partial charge < -0.3 is 9.47 Å². The van der Waals surface area contributed by atoms with Gasteiger partial charge in [-0.05, 0) is 19.8 Å². The van der Waals surface area contributed by atoms with Gasteiger partial charge in [0.25, 0.3) is 0 Å². The molecule has 0 aromatic heterocycles. The lowest BCUT2D eigenvalue weighted by Crippen LogP contribution is -2.21. The Balaban J connectivity index is 2.68. The molecule has 4 nitrogen and oxygen atoms in total. The van der Waals surface area contributed by atoms with Crippen LogP contribution in [0.3, 0.4) is 0 Å². The van der Waals surface area contributed by atoms with E-state index in [-0.39, 0.29) is 5.97 Å². The molecule has 78 valence electrons. The quantitative estimate of drug-likeness (QED) is 0.636. The van der Waals surface area contributed by atoms with E-state index in [9.17, 15) is 9.59 Å². The maximum atomic E-state index is 11.4. The van der Waals surface area contributed by atoms with E-state index in [0.29, 0.717) is 18.6 Å². The molecule has 0 spiro atoms. The standard InChI is InChI=1S/C10H14O4/c1-3-14-10(12)8-6-4-5-7(8)9(11)13-2/h6-7H,3-5H2,1-2H3/t7-/m1/s1. The summed E-state index contributed by atoms with van der Waals surface area (Å²) in [6.45, 7) is 2.06. The number of methoxy groups -OCH3 is 1. The molecular formula is C10H14O4. The van der Waals surface area contributed by atoms with Crippen molar-refractivity contribution < 1.29 is 19.1 Å². The van der Waals surface area contributed by atoms with Gasteiger partial charge in [0.05, 0.1) is 19.6 Å². The van der Waals surface area contributed by atoms with Crippen LogP contribution in [-0.4, -0.2) is 25.7 Å². The van der Waals surface area contributed by atoms with Crippen LogP contribution in [0.2, 0.25) is 0 Å². The molecule has 0 amide bonds. The molecule has 0 radical (unpaired) electrons. The van der Waals surface area contributed by atoms with Crippen LogP contribution in [0.25, 0.3) is 0 Å². The van der Waals surface area contributed by atoms with Crippen LogP contribution in [0.4, 0.5) is 0 Å². The van der Waals surface area contributed by atoms with E-state index in [1.165, 1.54) is 7.11 Å². The van der Waals surface area contributed by atoms with Crippen molar-refractivity contribution in [3.05, 3.63) is 11.6 Å². The van der Waals surface area contributed by atoms with Crippen molar-refractivity contribution in [1.29, 1.82) is 0 Å². The highest BCUT2D eigenvalue weighted by atomic mass is 16.5. The van der Waals surface area contributed by atoms with Crippen molar-refractivity contribution in [3.8, 4) is 0 Å². The largest absolute Gasteiger partial charge is 0.469 e. The highest BCUT2D eigenvalue weighted by molar-refractivity contribution is 5.96. The van der Waals surface area contributed by atoms with E-state index in [1.54, 1.807) is 13.0 Å². The molecule has 1 atom stereocenters. The number of carbonyl (C=O) groups is 2. The lowest BCUT2D eigenvalue weighted by molar-refractivity contribution is -0.147. The Bertz CT molecular complexity index is 267. The van der Waals surface area contributed by atoms with E-state index >= 15 is 0 Å². The van der Waals surface area contributed by atoms with Crippen molar-refractivity contribution in [2.75, 3.05) is 13.7 Å². The third-order valence-corrected chi connectivity index (χ3v) is 2.19. The molecule has 0 saturated heterocycles. The highest BCUT2D eigenvalue weighted by Gasteiger charge is 2.32. The zero-order chi connectivity index (χ0) is 10.6. The first-order chi connectivity index (χ1) is 6.70. The molecule has 0 aromatic rings. The molecule has 1 aliphatic rings. The second-order valence-corrected chi connectivity index (χ2v) is 3.03. The predicted molar refractivity (Wildman–Crippen MR) is 49.5 cm³/mol. The molecule has 0 fully saturated rings. The van der Waals surface area contributed by atoms with Gasteiger partial charge in [-0.1, -0.05) is 6.08 Å². The van der Waals surface area contributed by atoms with Crippen LogP contribution >= 0.6 is 0 Å². The molecule has 1 rings (SSSR count). The van der Waals surface area contributed by atoms with Crippen LogP contribution in [0.5, 0.6) is 0 Å². The predicted octanol–water partition coefficient (Wildman–Crippen LogP) is 1.06. The number of hydrogen-bond acceptors (Lipinski definition) is 4. The summed E-state index contributed by atoms with van der Waals surface area (Å²) in [5.41, 5.74) is 0.443. The Morgan fingerprint density at radius 1 is 1.57 bits per heavy atom. The molecular weight excluding hydrogens is 184 g/mol. The third-order valence-electron chi connectivity index (χ3n) is 2.19. The Kier molecular flexibility index (Phi) is 3.68. The Hall–Kier alpha value is -1.32. The normalized spacial score (nSPS) is 20.1. The highest BCUT2D eigenvalue weighted by Crippen LogP contribution is 2.27. The molecule has 0 aliphatic heterocycles. The molecule has 14 heavy (non-hydrogen) atoms. The summed E-state index contributed by atoms with van der Waals surface area (Å²) >= 11 is 0. The zero-order valence-corrected chi connectivity index (χ0v) is 8.41. The van der Waals surface area contributed by atoms with Gasteiger partial charge in [0.15, 0.2) is 0 Å². The monoisotopic (exact) mass is 198 g/mol. The Morgan fingerprint density at radius 3 is 2.86 bits per heavy atom. The minimum atomic E-state index is -0.431. The van der Waals surface area contributed by atoms with Crippen LogP contribution in [0, 0.1) is 5.92 Å². The van der Waals surface area contributed by atoms with Gasteiger partial charge in [-0.3, -0.25) is 4.79 Å². The fourth-order valence-electron chi connectivity index (χ4n) is 1.53. The second kappa shape index (κ2) is 4.79. The van der Waals surface area contributed by atoms with E-state index < -0.39 is 11.9 Å². The Morgan fingerprint density at radius 2 is 2.29 bits per heavy atom. The van der Waals surface area contributed by atoms with Gasteiger partial charge >= 0.3 is 11.9 Å². The van der Waals surface area contributed by atoms with E-state index in [2.05, 4.69) is 4.74 Å². The molecule has 0 aromatic carbocycles. The van der Waals surface area contributed by atoms with E-state index in [4.69, 9.17) is 4.74 Å². The topological polar surface area (TPSA) is 52.6 Å². The lowest BCUT2D eigenvalue weighted by atomic mass is 10.0. The summed E-state index contributed by atoms with van der Waals surface area (Å²) in [4.78, 5) is 22.6.